The molecule has 3 rings (SSSR count). The first-order valence-corrected chi connectivity index (χ1v) is 10.5. The Balaban J connectivity index is 2.19. The van der Waals surface area contributed by atoms with Crippen molar-refractivity contribution in [2.45, 2.75) is 32.9 Å². The van der Waals surface area contributed by atoms with Gasteiger partial charge in [0.05, 0.1) is 17.1 Å². The molecule has 3 N–H and O–H groups in total. The second kappa shape index (κ2) is 9.85. The van der Waals surface area contributed by atoms with E-state index in [1.165, 1.54) is 21.6 Å². The largest absolute Gasteiger partial charge is 0.383 e. The number of carbonyl (C=O) groups excluding carboxylic acids is 1. The number of benzene rings is 2. The molecule has 162 valence electrons. The van der Waals surface area contributed by atoms with Crippen molar-refractivity contribution in [3.05, 3.63) is 90.5 Å². The lowest BCUT2D eigenvalue weighted by Crippen LogP contribution is -2.41. The highest BCUT2D eigenvalue weighted by Gasteiger charge is 2.27. The van der Waals surface area contributed by atoms with Gasteiger partial charge in [-0.3, -0.25) is 24.0 Å². The van der Waals surface area contributed by atoms with Crippen LogP contribution in [-0.2, 0) is 13.1 Å². The molecular weight excluding hydrogens is 439 g/mol. The molecule has 0 atom stereocenters. The number of carbonyl (C=O) groups is 1. The van der Waals surface area contributed by atoms with Crippen molar-refractivity contribution < 1.29 is 4.79 Å². The topological polar surface area (TPSA) is 101 Å². The average Bonchev–Trinajstić information content (AvgIpc) is 2.74. The molecule has 7 nitrogen and oxygen atoms in total. The molecule has 2 aromatic carbocycles. The Hall–Kier alpha value is -3.03. The molecule has 0 bridgehead atoms. The highest BCUT2D eigenvalue weighted by molar-refractivity contribution is 6.36. The maximum absolute atomic E-state index is 13.5. The fraction of sp³-hybridized carbons (Fsp3) is 0.227. The molecule has 1 aromatic heterocycles. The third-order valence-corrected chi connectivity index (χ3v) is 5.37. The Morgan fingerprint density at radius 3 is 2.52 bits per heavy atom. The summed E-state index contributed by atoms with van der Waals surface area (Å²) in [5, 5.41) is 0.504. The highest BCUT2D eigenvalue weighted by Crippen LogP contribution is 2.27. The summed E-state index contributed by atoms with van der Waals surface area (Å²) in [4.78, 5) is 42.2. The Kier molecular flexibility index (Phi) is 7.20. The van der Waals surface area contributed by atoms with Crippen LogP contribution in [0.1, 0.15) is 35.7 Å². The molecular formula is C22H22Cl2N4O3. The number of nitrogens with two attached hydrogens (primary N) is 1. The lowest BCUT2D eigenvalue weighted by atomic mass is 10.1. The molecule has 1 heterocycles. The van der Waals surface area contributed by atoms with Crippen molar-refractivity contribution >= 4 is 40.6 Å². The smallest absolute Gasteiger partial charge is 0.330 e. The number of H-pyrrole nitrogens is 1. The number of nitrogens with one attached hydrogen (secondary N) is 1. The van der Waals surface area contributed by atoms with E-state index in [1.54, 1.807) is 6.07 Å². The number of halogens is 2. The maximum Gasteiger partial charge on any atom is 0.330 e. The molecule has 9 heteroatoms. The number of nitrogen functional groups attached to an aromatic ring is 1. The van der Waals surface area contributed by atoms with E-state index < -0.39 is 17.2 Å². The molecule has 0 radical (unpaired) electrons. The van der Waals surface area contributed by atoms with Crippen LogP contribution < -0.4 is 21.9 Å². The first kappa shape index (κ1) is 22.7. The Morgan fingerprint density at radius 2 is 1.84 bits per heavy atom. The number of unbranched alkanes of at least 4 members (excludes halogenated alkanes) is 1. The van der Waals surface area contributed by atoms with E-state index >= 15 is 0 Å². The van der Waals surface area contributed by atoms with Gasteiger partial charge in [-0.15, -0.1) is 0 Å². The fourth-order valence-corrected chi connectivity index (χ4v) is 3.57. The molecule has 0 saturated carbocycles. The van der Waals surface area contributed by atoms with Gasteiger partial charge in [0.15, 0.2) is 5.69 Å². The lowest BCUT2D eigenvalue weighted by Gasteiger charge is -2.25. The van der Waals surface area contributed by atoms with Gasteiger partial charge in [0, 0.05) is 11.6 Å². The fourth-order valence-electron chi connectivity index (χ4n) is 3.20. The first-order chi connectivity index (χ1) is 14.8. The quantitative estimate of drug-likeness (QED) is 0.554. The second-order valence-corrected chi connectivity index (χ2v) is 7.84. The second-order valence-electron chi connectivity index (χ2n) is 7.00. The number of aromatic amines is 1. The van der Waals surface area contributed by atoms with Crippen LogP contribution in [-0.4, -0.2) is 15.5 Å². The minimum absolute atomic E-state index is 0.0434. The number of rotatable bonds is 7. The minimum Gasteiger partial charge on any atom is -0.383 e. The highest BCUT2D eigenvalue weighted by atomic mass is 35.5. The summed E-state index contributed by atoms with van der Waals surface area (Å²) in [5.74, 6) is -0.640. The molecule has 0 saturated heterocycles. The Morgan fingerprint density at radius 1 is 1.13 bits per heavy atom. The van der Waals surface area contributed by atoms with E-state index in [0.717, 1.165) is 12.0 Å². The first-order valence-electron chi connectivity index (χ1n) is 9.77. The van der Waals surface area contributed by atoms with Crippen LogP contribution >= 0.6 is 23.2 Å². The summed E-state index contributed by atoms with van der Waals surface area (Å²) in [7, 11) is 0. The van der Waals surface area contributed by atoms with Crippen molar-refractivity contribution in [2.24, 2.45) is 0 Å². The number of hydrogen-bond acceptors (Lipinski definition) is 4. The average molecular weight is 461 g/mol. The Labute approximate surface area is 189 Å². The van der Waals surface area contributed by atoms with E-state index in [-0.39, 0.29) is 28.6 Å². The molecule has 1 amide bonds. The molecule has 3 aromatic rings. The number of anilines is 2. The number of amides is 1. The van der Waals surface area contributed by atoms with Crippen LogP contribution in [0.3, 0.4) is 0 Å². The lowest BCUT2D eigenvalue weighted by molar-refractivity contribution is 0.0985. The number of aromatic nitrogens is 2. The predicted molar refractivity (Wildman–Crippen MR) is 124 cm³/mol. The van der Waals surface area contributed by atoms with Gasteiger partial charge >= 0.3 is 5.69 Å². The SMILES string of the molecule is CCCCn1c(N)c(N(Cc2ccccc2)C(=O)c2cc(Cl)ccc2Cl)c(=O)[nH]c1=O. The third kappa shape index (κ3) is 5.00. The number of nitrogens with zero attached hydrogens (tertiary/aromatic N) is 2. The molecule has 0 aliphatic carbocycles. The summed E-state index contributed by atoms with van der Waals surface area (Å²) in [5.41, 5.74) is 5.66. The zero-order valence-electron chi connectivity index (χ0n) is 16.9. The predicted octanol–water partition coefficient (Wildman–Crippen LogP) is 4.07. The molecule has 0 unspecified atom stereocenters. The normalized spacial score (nSPS) is 10.8. The van der Waals surface area contributed by atoms with Gasteiger partial charge in [-0.25, -0.2) is 4.79 Å². The van der Waals surface area contributed by atoms with E-state index in [9.17, 15) is 14.4 Å². The summed E-state index contributed by atoms with van der Waals surface area (Å²) in [6.07, 6.45) is 1.51. The van der Waals surface area contributed by atoms with Crippen LogP contribution in [0, 0.1) is 0 Å². The maximum atomic E-state index is 13.5. The number of hydrogen-bond donors (Lipinski definition) is 2. The summed E-state index contributed by atoms with van der Waals surface area (Å²) in [6.45, 7) is 2.33. The van der Waals surface area contributed by atoms with Gasteiger partial charge in [0.1, 0.15) is 5.82 Å². The summed E-state index contributed by atoms with van der Waals surface area (Å²) in [6, 6.07) is 13.6. The van der Waals surface area contributed by atoms with Gasteiger partial charge in [-0.05, 0) is 30.2 Å². The van der Waals surface area contributed by atoms with Crippen LogP contribution in [0.25, 0.3) is 0 Å². The molecule has 31 heavy (non-hydrogen) atoms. The van der Waals surface area contributed by atoms with Gasteiger partial charge in [-0.1, -0.05) is 66.9 Å². The van der Waals surface area contributed by atoms with E-state index in [0.29, 0.717) is 18.0 Å². The molecule has 0 spiro atoms. The monoisotopic (exact) mass is 460 g/mol. The Bertz CT molecular complexity index is 1210. The van der Waals surface area contributed by atoms with Gasteiger partial charge in [0.25, 0.3) is 11.5 Å². The van der Waals surface area contributed by atoms with E-state index in [4.69, 9.17) is 28.9 Å². The van der Waals surface area contributed by atoms with Crippen molar-refractivity contribution in [1.82, 2.24) is 9.55 Å². The van der Waals surface area contributed by atoms with Crippen LogP contribution in [0.5, 0.6) is 0 Å². The van der Waals surface area contributed by atoms with Gasteiger partial charge in [0.2, 0.25) is 0 Å². The van der Waals surface area contributed by atoms with Crippen LogP contribution in [0.2, 0.25) is 10.0 Å². The zero-order chi connectivity index (χ0) is 22.5. The standard InChI is InChI=1S/C22H22Cl2N4O3/c1-2-3-11-27-19(25)18(20(29)26-22(27)31)28(13-14-7-5-4-6-8-14)21(30)16-12-15(23)9-10-17(16)24/h4-10,12H,2-3,11,13,25H2,1H3,(H,26,29,31). The van der Waals surface area contributed by atoms with E-state index in [2.05, 4.69) is 4.98 Å². The molecule has 0 fully saturated rings. The summed E-state index contributed by atoms with van der Waals surface area (Å²) >= 11 is 12.3. The van der Waals surface area contributed by atoms with Crippen molar-refractivity contribution in [1.29, 1.82) is 0 Å². The van der Waals surface area contributed by atoms with Crippen LogP contribution in [0.15, 0.2) is 58.1 Å². The van der Waals surface area contributed by atoms with Crippen molar-refractivity contribution in [3.8, 4) is 0 Å². The minimum atomic E-state index is -0.752. The summed E-state index contributed by atoms with van der Waals surface area (Å²) < 4.78 is 1.27. The van der Waals surface area contributed by atoms with Gasteiger partial charge < -0.3 is 5.73 Å². The molecule has 0 aliphatic heterocycles. The molecule has 0 aliphatic rings. The van der Waals surface area contributed by atoms with Gasteiger partial charge in [-0.2, -0.15) is 0 Å². The van der Waals surface area contributed by atoms with Crippen LogP contribution in [0.4, 0.5) is 11.5 Å². The van der Waals surface area contributed by atoms with E-state index in [1.807, 2.05) is 37.3 Å². The third-order valence-electron chi connectivity index (χ3n) is 4.81. The van der Waals surface area contributed by atoms with Crippen molar-refractivity contribution in [2.75, 3.05) is 10.6 Å². The van der Waals surface area contributed by atoms with Crippen molar-refractivity contribution in [3.63, 3.8) is 0 Å². The zero-order valence-corrected chi connectivity index (χ0v) is 18.4.